The maximum atomic E-state index is 12.9. The first-order chi connectivity index (χ1) is 8.43. The Morgan fingerprint density at radius 3 is 2.67 bits per heavy atom. The van der Waals surface area contributed by atoms with E-state index in [1.165, 1.54) is 18.2 Å². The lowest BCUT2D eigenvalue weighted by molar-refractivity contribution is 0.0936. The molecule has 0 spiro atoms. The van der Waals surface area contributed by atoms with Crippen molar-refractivity contribution < 1.29 is 9.18 Å². The molecule has 1 amide bonds. The lowest BCUT2D eigenvalue weighted by Crippen LogP contribution is -2.37. The fourth-order valence-electron chi connectivity index (χ4n) is 1.67. The molecule has 0 bridgehead atoms. The molecular weight excluding hydrogens is 321 g/mol. The fraction of sp³-hybridized carbons (Fsp3) is 0.462. The number of alkyl halides is 1. The van der Waals surface area contributed by atoms with Crippen molar-refractivity contribution in [3.63, 3.8) is 0 Å². The SMILES string of the molecule is CC(C)CC(CCl)NC(=O)c1ccc(F)cc1Br. The Morgan fingerprint density at radius 2 is 2.17 bits per heavy atom. The van der Waals surface area contributed by atoms with Gasteiger partial charge in [-0.1, -0.05) is 13.8 Å². The number of nitrogens with one attached hydrogen (secondary N) is 1. The van der Waals surface area contributed by atoms with E-state index in [1.54, 1.807) is 0 Å². The maximum Gasteiger partial charge on any atom is 0.252 e. The van der Waals surface area contributed by atoms with Gasteiger partial charge in [0.25, 0.3) is 5.91 Å². The minimum Gasteiger partial charge on any atom is -0.348 e. The number of hydrogen-bond donors (Lipinski definition) is 1. The van der Waals surface area contributed by atoms with Gasteiger partial charge < -0.3 is 5.32 Å². The molecule has 100 valence electrons. The molecule has 1 aromatic carbocycles. The van der Waals surface area contributed by atoms with Crippen molar-refractivity contribution in [2.45, 2.75) is 26.3 Å². The van der Waals surface area contributed by atoms with Crippen LogP contribution in [0.3, 0.4) is 0 Å². The number of hydrogen-bond acceptors (Lipinski definition) is 1. The highest BCUT2D eigenvalue weighted by Crippen LogP contribution is 2.18. The first-order valence-electron chi connectivity index (χ1n) is 5.76. The minimum atomic E-state index is -0.380. The van der Waals surface area contributed by atoms with Crippen LogP contribution in [0, 0.1) is 11.7 Å². The van der Waals surface area contributed by atoms with Crippen molar-refractivity contribution >= 4 is 33.4 Å². The predicted octanol–water partition coefficient (Wildman–Crippen LogP) is 3.97. The number of amides is 1. The summed E-state index contributed by atoms with van der Waals surface area (Å²) < 4.78 is 13.4. The largest absolute Gasteiger partial charge is 0.348 e. The summed E-state index contributed by atoms with van der Waals surface area (Å²) in [5.74, 6) is 0.191. The third kappa shape index (κ3) is 4.58. The molecule has 1 atom stereocenters. The van der Waals surface area contributed by atoms with E-state index < -0.39 is 0 Å². The zero-order valence-electron chi connectivity index (χ0n) is 10.3. The Bertz CT molecular complexity index is 425. The van der Waals surface area contributed by atoms with E-state index >= 15 is 0 Å². The topological polar surface area (TPSA) is 29.1 Å². The van der Waals surface area contributed by atoms with Crippen LogP contribution < -0.4 is 5.32 Å². The van der Waals surface area contributed by atoms with Crippen molar-refractivity contribution in [3.8, 4) is 0 Å². The van der Waals surface area contributed by atoms with Gasteiger partial charge in [-0.3, -0.25) is 4.79 Å². The summed E-state index contributed by atoms with van der Waals surface area (Å²) in [5, 5.41) is 2.85. The quantitative estimate of drug-likeness (QED) is 0.810. The van der Waals surface area contributed by atoms with Crippen molar-refractivity contribution in [2.24, 2.45) is 5.92 Å². The second-order valence-electron chi connectivity index (χ2n) is 4.58. The summed E-state index contributed by atoms with van der Waals surface area (Å²) in [6.07, 6.45) is 0.814. The van der Waals surface area contributed by atoms with Crippen LogP contribution >= 0.6 is 27.5 Å². The summed E-state index contributed by atoms with van der Waals surface area (Å²) in [4.78, 5) is 12.0. The maximum absolute atomic E-state index is 12.9. The zero-order valence-corrected chi connectivity index (χ0v) is 12.7. The summed E-state index contributed by atoms with van der Waals surface area (Å²) in [6, 6.07) is 3.91. The van der Waals surface area contributed by atoms with E-state index in [9.17, 15) is 9.18 Å². The van der Waals surface area contributed by atoms with Gasteiger partial charge in [-0.15, -0.1) is 11.6 Å². The second kappa shape index (κ2) is 7.10. The van der Waals surface area contributed by atoms with E-state index in [2.05, 4.69) is 35.1 Å². The Kier molecular flexibility index (Phi) is 6.09. The van der Waals surface area contributed by atoms with Crippen LogP contribution in [0.4, 0.5) is 4.39 Å². The molecule has 0 fully saturated rings. The van der Waals surface area contributed by atoms with Crippen molar-refractivity contribution in [3.05, 3.63) is 34.1 Å². The van der Waals surface area contributed by atoms with Gasteiger partial charge in [0.1, 0.15) is 5.82 Å². The van der Waals surface area contributed by atoms with Crippen LogP contribution in [0.1, 0.15) is 30.6 Å². The highest BCUT2D eigenvalue weighted by Gasteiger charge is 2.16. The molecule has 0 heterocycles. The van der Waals surface area contributed by atoms with Crippen LogP contribution in [0.25, 0.3) is 0 Å². The standard InChI is InChI=1S/C13H16BrClFNO/c1-8(2)5-10(7-15)17-13(18)11-4-3-9(16)6-12(11)14/h3-4,6,8,10H,5,7H2,1-2H3,(H,17,18). The number of benzene rings is 1. The van der Waals surface area contributed by atoms with Gasteiger partial charge in [-0.2, -0.15) is 0 Å². The van der Waals surface area contributed by atoms with Crippen LogP contribution in [0.2, 0.25) is 0 Å². The molecule has 0 aliphatic carbocycles. The molecule has 0 aromatic heterocycles. The van der Waals surface area contributed by atoms with Crippen molar-refractivity contribution in [1.29, 1.82) is 0 Å². The number of carbonyl (C=O) groups excluding carboxylic acids is 1. The highest BCUT2D eigenvalue weighted by atomic mass is 79.9. The molecule has 1 aromatic rings. The van der Waals surface area contributed by atoms with E-state index in [-0.39, 0.29) is 17.8 Å². The molecule has 2 nitrogen and oxygen atoms in total. The molecule has 1 unspecified atom stereocenters. The highest BCUT2D eigenvalue weighted by molar-refractivity contribution is 9.10. The molecular formula is C13H16BrClFNO. The van der Waals surface area contributed by atoms with E-state index in [0.717, 1.165) is 6.42 Å². The second-order valence-corrected chi connectivity index (χ2v) is 5.74. The molecule has 0 saturated carbocycles. The van der Waals surface area contributed by atoms with Crippen LogP contribution in [-0.2, 0) is 0 Å². The van der Waals surface area contributed by atoms with Gasteiger partial charge in [0.05, 0.1) is 5.56 Å². The number of carbonyl (C=O) groups is 1. The Labute approximate surface area is 120 Å². The van der Waals surface area contributed by atoms with Gasteiger partial charge in [-0.05, 0) is 46.5 Å². The Hall–Kier alpha value is -0.610. The minimum absolute atomic E-state index is 0.0730. The third-order valence-corrected chi connectivity index (χ3v) is 3.48. The van der Waals surface area contributed by atoms with Gasteiger partial charge in [0, 0.05) is 16.4 Å². The summed E-state index contributed by atoms with van der Waals surface area (Å²) in [5.41, 5.74) is 0.412. The molecule has 1 rings (SSSR count). The average molecular weight is 337 g/mol. The molecule has 0 aliphatic heterocycles. The molecule has 1 N–H and O–H groups in total. The van der Waals surface area contributed by atoms with E-state index in [1.807, 2.05) is 0 Å². The van der Waals surface area contributed by atoms with Crippen molar-refractivity contribution in [1.82, 2.24) is 5.32 Å². The van der Waals surface area contributed by atoms with Gasteiger partial charge in [-0.25, -0.2) is 4.39 Å². The lowest BCUT2D eigenvalue weighted by atomic mass is 10.0. The Balaban J connectivity index is 2.74. The number of halogens is 3. The zero-order chi connectivity index (χ0) is 13.7. The summed E-state index contributed by atoms with van der Waals surface area (Å²) in [7, 11) is 0. The van der Waals surface area contributed by atoms with E-state index in [4.69, 9.17) is 11.6 Å². The van der Waals surface area contributed by atoms with Crippen LogP contribution in [-0.4, -0.2) is 17.8 Å². The lowest BCUT2D eigenvalue weighted by Gasteiger charge is -2.18. The van der Waals surface area contributed by atoms with Crippen molar-refractivity contribution in [2.75, 3.05) is 5.88 Å². The molecule has 0 aliphatic rings. The summed E-state index contributed by atoms with van der Waals surface area (Å²) in [6.45, 7) is 4.14. The van der Waals surface area contributed by atoms with Gasteiger partial charge in [0.2, 0.25) is 0 Å². The first kappa shape index (κ1) is 15.4. The monoisotopic (exact) mass is 335 g/mol. The molecule has 5 heteroatoms. The average Bonchev–Trinajstić information content (AvgIpc) is 2.27. The normalized spacial score (nSPS) is 12.6. The smallest absolute Gasteiger partial charge is 0.252 e. The predicted molar refractivity (Wildman–Crippen MR) is 75.5 cm³/mol. The third-order valence-electron chi connectivity index (χ3n) is 2.45. The van der Waals surface area contributed by atoms with Crippen LogP contribution in [0.15, 0.2) is 22.7 Å². The molecule has 0 saturated heterocycles. The Morgan fingerprint density at radius 1 is 1.50 bits per heavy atom. The fourth-order valence-corrected chi connectivity index (χ4v) is 2.40. The van der Waals surface area contributed by atoms with Gasteiger partial charge in [0.15, 0.2) is 0 Å². The molecule has 18 heavy (non-hydrogen) atoms. The first-order valence-corrected chi connectivity index (χ1v) is 7.08. The van der Waals surface area contributed by atoms with Crippen LogP contribution in [0.5, 0.6) is 0 Å². The number of rotatable bonds is 5. The van der Waals surface area contributed by atoms with Gasteiger partial charge >= 0.3 is 0 Å². The van der Waals surface area contributed by atoms with E-state index in [0.29, 0.717) is 21.8 Å². The molecule has 0 radical (unpaired) electrons. The summed E-state index contributed by atoms with van der Waals surface area (Å²) >= 11 is 9.00.